The topological polar surface area (TPSA) is 37.9 Å². The Bertz CT molecular complexity index is 410. The largest absolute Gasteiger partial charge is 0.494 e. The molecule has 0 aliphatic carbocycles. The number of nitrogens with zero attached hydrogens (tertiary/aromatic N) is 1. The number of hydrogen-bond donors (Lipinski definition) is 1. The first kappa shape index (κ1) is 7.85. The van der Waals surface area contributed by atoms with Crippen molar-refractivity contribution in [3.63, 3.8) is 0 Å². The zero-order valence-corrected chi connectivity index (χ0v) is 8.62. The van der Waals surface area contributed by atoms with Gasteiger partial charge in [-0.2, -0.15) is 0 Å². The van der Waals surface area contributed by atoms with Crippen molar-refractivity contribution in [2.24, 2.45) is 0 Å². The Kier molecular flexibility index (Phi) is 1.92. The van der Waals surface area contributed by atoms with Crippen LogP contribution in [0.15, 0.2) is 18.5 Å². The number of H-pyrrole nitrogens is 1. The van der Waals surface area contributed by atoms with E-state index in [9.17, 15) is 0 Å². The molecule has 0 amide bonds. The van der Waals surface area contributed by atoms with E-state index in [0.717, 1.165) is 20.4 Å². The predicted molar refractivity (Wildman–Crippen MR) is 55.4 cm³/mol. The first-order valence-electron chi connectivity index (χ1n) is 3.48. The summed E-state index contributed by atoms with van der Waals surface area (Å²) in [5, 5.41) is 0. The molecular formula is C8H7IN2O. The van der Waals surface area contributed by atoms with E-state index in [2.05, 4.69) is 32.6 Å². The molecule has 0 aliphatic rings. The number of nitrogens with one attached hydrogen (secondary N) is 1. The average Bonchev–Trinajstić information content (AvgIpc) is 2.54. The zero-order valence-electron chi connectivity index (χ0n) is 6.47. The minimum absolute atomic E-state index is 0.836. The molecule has 62 valence electrons. The van der Waals surface area contributed by atoms with Gasteiger partial charge in [0.15, 0.2) is 0 Å². The summed E-state index contributed by atoms with van der Waals surface area (Å²) < 4.78 is 6.30. The van der Waals surface area contributed by atoms with Crippen LogP contribution >= 0.6 is 22.6 Å². The van der Waals surface area contributed by atoms with E-state index < -0.39 is 0 Å². The van der Waals surface area contributed by atoms with E-state index >= 15 is 0 Å². The molecule has 2 aromatic rings. The lowest BCUT2D eigenvalue weighted by molar-refractivity contribution is 0.419. The molecule has 1 heterocycles. The maximum atomic E-state index is 5.17. The van der Waals surface area contributed by atoms with E-state index in [-0.39, 0.29) is 0 Å². The number of ether oxygens (including phenoxy) is 1. The van der Waals surface area contributed by atoms with Crippen LogP contribution in [0.5, 0.6) is 5.75 Å². The van der Waals surface area contributed by atoms with Crippen molar-refractivity contribution < 1.29 is 4.74 Å². The SMILES string of the molecule is COc1ccc(I)c2nc[nH]c12. The number of benzene rings is 1. The number of hydrogen-bond acceptors (Lipinski definition) is 2. The van der Waals surface area contributed by atoms with Crippen molar-refractivity contribution in [3.05, 3.63) is 22.0 Å². The van der Waals surface area contributed by atoms with Gasteiger partial charge in [-0.3, -0.25) is 0 Å². The van der Waals surface area contributed by atoms with Crippen molar-refractivity contribution in [1.82, 2.24) is 9.97 Å². The first-order chi connectivity index (χ1) is 5.83. The van der Waals surface area contributed by atoms with Crippen LogP contribution in [0, 0.1) is 3.57 Å². The van der Waals surface area contributed by atoms with Crippen molar-refractivity contribution in [3.8, 4) is 5.75 Å². The van der Waals surface area contributed by atoms with Crippen LogP contribution in [-0.4, -0.2) is 17.1 Å². The van der Waals surface area contributed by atoms with Gasteiger partial charge in [0.05, 0.1) is 13.4 Å². The minimum atomic E-state index is 0.836. The molecule has 0 fully saturated rings. The number of halogens is 1. The van der Waals surface area contributed by atoms with Gasteiger partial charge in [-0.1, -0.05) is 0 Å². The lowest BCUT2D eigenvalue weighted by Gasteiger charge is -2.00. The maximum Gasteiger partial charge on any atom is 0.144 e. The van der Waals surface area contributed by atoms with Crippen molar-refractivity contribution in [2.45, 2.75) is 0 Å². The predicted octanol–water partition coefficient (Wildman–Crippen LogP) is 2.18. The lowest BCUT2D eigenvalue weighted by Crippen LogP contribution is -1.85. The highest BCUT2D eigenvalue weighted by Gasteiger charge is 2.05. The third kappa shape index (κ3) is 1.06. The van der Waals surface area contributed by atoms with Crippen molar-refractivity contribution >= 4 is 33.6 Å². The number of methoxy groups -OCH3 is 1. The summed E-state index contributed by atoms with van der Waals surface area (Å²) >= 11 is 2.25. The molecule has 0 atom stereocenters. The van der Waals surface area contributed by atoms with Gasteiger partial charge in [0.1, 0.15) is 16.8 Å². The van der Waals surface area contributed by atoms with Gasteiger partial charge in [-0.25, -0.2) is 4.98 Å². The smallest absolute Gasteiger partial charge is 0.144 e. The molecule has 0 saturated carbocycles. The Labute approximate surface area is 83.3 Å². The number of fused-ring (bicyclic) bond motifs is 1. The van der Waals surface area contributed by atoms with E-state index in [0.29, 0.717) is 0 Å². The average molecular weight is 274 g/mol. The minimum Gasteiger partial charge on any atom is -0.494 e. The van der Waals surface area contributed by atoms with Crippen molar-refractivity contribution in [1.29, 1.82) is 0 Å². The molecule has 0 radical (unpaired) electrons. The van der Waals surface area contributed by atoms with Crippen LogP contribution in [0.2, 0.25) is 0 Å². The van der Waals surface area contributed by atoms with Crippen LogP contribution in [0.1, 0.15) is 0 Å². The summed E-state index contributed by atoms with van der Waals surface area (Å²) in [6.45, 7) is 0. The third-order valence-electron chi connectivity index (χ3n) is 1.71. The summed E-state index contributed by atoms with van der Waals surface area (Å²) in [6, 6.07) is 3.92. The maximum absolute atomic E-state index is 5.17. The van der Waals surface area contributed by atoms with Crippen LogP contribution in [-0.2, 0) is 0 Å². The second-order valence-corrected chi connectivity index (χ2v) is 3.54. The fourth-order valence-electron chi connectivity index (χ4n) is 1.14. The molecule has 0 aliphatic heterocycles. The highest BCUT2D eigenvalue weighted by Crippen LogP contribution is 2.25. The lowest BCUT2D eigenvalue weighted by atomic mass is 10.3. The quantitative estimate of drug-likeness (QED) is 0.809. The summed E-state index contributed by atoms with van der Waals surface area (Å²) in [5.74, 6) is 0.836. The summed E-state index contributed by atoms with van der Waals surface area (Å²) in [4.78, 5) is 7.22. The monoisotopic (exact) mass is 274 g/mol. The second kappa shape index (κ2) is 2.93. The molecule has 4 heteroatoms. The molecule has 0 bridgehead atoms. The van der Waals surface area contributed by atoms with Gasteiger partial charge in [0.2, 0.25) is 0 Å². The number of aromatic amines is 1. The normalized spacial score (nSPS) is 10.5. The van der Waals surface area contributed by atoms with Crippen LogP contribution in [0.4, 0.5) is 0 Å². The standard InChI is InChI=1S/C8H7IN2O/c1-12-6-3-2-5(9)7-8(6)11-4-10-7/h2-4H,1H3,(H,10,11). The van der Waals surface area contributed by atoms with E-state index in [4.69, 9.17) is 4.74 Å². The van der Waals surface area contributed by atoms with Gasteiger partial charge in [-0.05, 0) is 34.7 Å². The van der Waals surface area contributed by atoms with Crippen LogP contribution < -0.4 is 4.74 Å². The Morgan fingerprint density at radius 2 is 2.33 bits per heavy atom. The molecule has 2 rings (SSSR count). The fraction of sp³-hybridized carbons (Fsp3) is 0.125. The Morgan fingerprint density at radius 1 is 1.50 bits per heavy atom. The van der Waals surface area contributed by atoms with E-state index in [1.807, 2.05) is 12.1 Å². The fourth-order valence-corrected chi connectivity index (χ4v) is 1.73. The van der Waals surface area contributed by atoms with Gasteiger partial charge < -0.3 is 9.72 Å². The molecule has 3 nitrogen and oxygen atoms in total. The highest BCUT2D eigenvalue weighted by molar-refractivity contribution is 14.1. The van der Waals surface area contributed by atoms with Gasteiger partial charge in [-0.15, -0.1) is 0 Å². The summed E-state index contributed by atoms with van der Waals surface area (Å²) in [5.41, 5.74) is 1.93. The zero-order chi connectivity index (χ0) is 8.55. The molecular weight excluding hydrogens is 267 g/mol. The highest BCUT2D eigenvalue weighted by atomic mass is 127. The first-order valence-corrected chi connectivity index (χ1v) is 4.56. The molecule has 0 saturated heterocycles. The van der Waals surface area contributed by atoms with Gasteiger partial charge in [0, 0.05) is 3.57 Å². The molecule has 0 unspecified atom stereocenters. The number of imidazole rings is 1. The second-order valence-electron chi connectivity index (χ2n) is 2.38. The van der Waals surface area contributed by atoms with Crippen LogP contribution in [0.25, 0.3) is 11.0 Å². The van der Waals surface area contributed by atoms with Crippen molar-refractivity contribution in [2.75, 3.05) is 7.11 Å². The Hall–Kier alpha value is -0.780. The third-order valence-corrected chi connectivity index (χ3v) is 2.58. The molecule has 0 spiro atoms. The van der Waals surface area contributed by atoms with E-state index in [1.54, 1.807) is 13.4 Å². The summed E-state index contributed by atoms with van der Waals surface area (Å²) in [6.07, 6.45) is 1.68. The molecule has 1 aromatic heterocycles. The number of rotatable bonds is 1. The Balaban J connectivity index is 2.82. The molecule has 12 heavy (non-hydrogen) atoms. The number of aromatic nitrogens is 2. The molecule has 1 N–H and O–H groups in total. The molecule has 1 aromatic carbocycles. The Morgan fingerprint density at radius 3 is 3.08 bits per heavy atom. The van der Waals surface area contributed by atoms with Gasteiger partial charge >= 0.3 is 0 Å². The summed E-state index contributed by atoms with van der Waals surface area (Å²) in [7, 11) is 1.66. The van der Waals surface area contributed by atoms with Gasteiger partial charge in [0.25, 0.3) is 0 Å². The van der Waals surface area contributed by atoms with E-state index in [1.165, 1.54) is 0 Å². The van der Waals surface area contributed by atoms with Crippen LogP contribution in [0.3, 0.4) is 0 Å².